The minimum atomic E-state index is 0.673. The quantitative estimate of drug-likeness (QED) is 0.382. The number of nitrogen functional groups attached to an aromatic ring is 1. The van der Waals surface area contributed by atoms with E-state index in [1.165, 1.54) is 74.5 Å². The van der Waals surface area contributed by atoms with Crippen LogP contribution in [0, 0.1) is 5.92 Å². The number of nitrogens with two attached hydrogens (primary N) is 1. The molecule has 27 heavy (non-hydrogen) atoms. The van der Waals surface area contributed by atoms with Crippen molar-refractivity contribution in [2.24, 2.45) is 5.92 Å². The summed E-state index contributed by atoms with van der Waals surface area (Å²) in [5.41, 5.74) is 11.2. The van der Waals surface area contributed by atoms with Gasteiger partial charge in [-0.05, 0) is 85.1 Å². The maximum absolute atomic E-state index is 5.83. The second-order valence-electron chi connectivity index (χ2n) is 8.62. The molecule has 0 aliphatic heterocycles. The van der Waals surface area contributed by atoms with Crippen LogP contribution in [0.4, 0.5) is 5.69 Å². The predicted octanol–water partition coefficient (Wildman–Crippen LogP) is 7.47. The average Bonchev–Trinajstić information content (AvgIpc) is 2.72. The summed E-state index contributed by atoms with van der Waals surface area (Å²) in [6.07, 6.45) is 11.9. The van der Waals surface area contributed by atoms with E-state index in [0.717, 1.165) is 17.5 Å². The SMILES string of the molecule is CCCCCCc1ccc(C(C)C2CCC(c3ccc(N)cc3)CC2)cc1. The molecule has 1 nitrogen and oxygen atoms in total. The van der Waals surface area contributed by atoms with E-state index in [2.05, 4.69) is 50.2 Å². The van der Waals surface area contributed by atoms with Crippen LogP contribution in [0.1, 0.15) is 93.7 Å². The molecule has 0 aromatic heterocycles. The molecule has 1 heteroatoms. The lowest BCUT2D eigenvalue weighted by molar-refractivity contribution is 0.291. The Hall–Kier alpha value is -1.76. The Kier molecular flexibility index (Phi) is 7.38. The van der Waals surface area contributed by atoms with Crippen LogP contribution < -0.4 is 5.73 Å². The molecule has 1 aliphatic rings. The van der Waals surface area contributed by atoms with Crippen LogP contribution in [0.25, 0.3) is 0 Å². The third-order valence-electron chi connectivity index (χ3n) is 6.71. The Bertz CT molecular complexity index is 662. The minimum Gasteiger partial charge on any atom is -0.399 e. The maximum atomic E-state index is 5.83. The van der Waals surface area contributed by atoms with E-state index < -0.39 is 0 Å². The first-order chi connectivity index (χ1) is 13.2. The molecule has 1 fully saturated rings. The molecule has 0 amide bonds. The number of aryl methyl sites for hydroxylation is 1. The van der Waals surface area contributed by atoms with Gasteiger partial charge in [-0.2, -0.15) is 0 Å². The summed E-state index contributed by atoms with van der Waals surface area (Å²) in [5, 5.41) is 0. The summed E-state index contributed by atoms with van der Waals surface area (Å²) in [4.78, 5) is 0. The van der Waals surface area contributed by atoms with Gasteiger partial charge in [0.1, 0.15) is 0 Å². The van der Waals surface area contributed by atoms with Gasteiger partial charge >= 0.3 is 0 Å². The first-order valence-electron chi connectivity index (χ1n) is 11.1. The van der Waals surface area contributed by atoms with Gasteiger partial charge in [0.05, 0.1) is 0 Å². The fraction of sp³-hybridized carbons (Fsp3) is 0.538. The molecule has 3 rings (SSSR count). The topological polar surface area (TPSA) is 26.0 Å². The van der Waals surface area contributed by atoms with Crippen LogP contribution in [0.5, 0.6) is 0 Å². The Morgan fingerprint density at radius 1 is 0.852 bits per heavy atom. The van der Waals surface area contributed by atoms with Gasteiger partial charge in [0.2, 0.25) is 0 Å². The smallest absolute Gasteiger partial charge is 0.0314 e. The summed E-state index contributed by atoms with van der Waals surface area (Å²) in [7, 11) is 0. The Labute approximate surface area is 166 Å². The highest BCUT2D eigenvalue weighted by Gasteiger charge is 2.26. The van der Waals surface area contributed by atoms with E-state index >= 15 is 0 Å². The van der Waals surface area contributed by atoms with E-state index in [1.807, 2.05) is 12.1 Å². The molecule has 2 aromatic rings. The van der Waals surface area contributed by atoms with Crippen LogP contribution in [0.15, 0.2) is 48.5 Å². The second kappa shape index (κ2) is 9.97. The first-order valence-corrected chi connectivity index (χ1v) is 11.1. The van der Waals surface area contributed by atoms with Crippen molar-refractivity contribution in [3.8, 4) is 0 Å². The van der Waals surface area contributed by atoms with Crippen LogP contribution >= 0.6 is 0 Å². The molecule has 0 radical (unpaired) electrons. The van der Waals surface area contributed by atoms with Gasteiger partial charge in [-0.15, -0.1) is 0 Å². The lowest BCUT2D eigenvalue weighted by Crippen LogP contribution is -2.18. The van der Waals surface area contributed by atoms with E-state index in [9.17, 15) is 0 Å². The molecule has 0 saturated heterocycles. The van der Waals surface area contributed by atoms with Gasteiger partial charge in [0.15, 0.2) is 0 Å². The van der Waals surface area contributed by atoms with Crippen LogP contribution in [0.2, 0.25) is 0 Å². The molecule has 1 saturated carbocycles. The second-order valence-corrected chi connectivity index (χ2v) is 8.62. The van der Waals surface area contributed by atoms with E-state index in [0.29, 0.717) is 5.92 Å². The van der Waals surface area contributed by atoms with E-state index in [-0.39, 0.29) is 0 Å². The Morgan fingerprint density at radius 3 is 2.15 bits per heavy atom. The lowest BCUT2D eigenvalue weighted by atomic mass is 9.72. The number of unbranched alkanes of at least 4 members (excludes halogenated alkanes) is 3. The third-order valence-corrected chi connectivity index (χ3v) is 6.71. The van der Waals surface area contributed by atoms with E-state index in [1.54, 1.807) is 0 Å². The standard InChI is InChI=1S/C26H37N/c1-3-4-5-6-7-21-8-10-22(11-9-21)20(2)23-12-14-24(15-13-23)25-16-18-26(27)19-17-25/h8-11,16-20,23-24H,3-7,12-15,27H2,1-2H3. The summed E-state index contributed by atoms with van der Waals surface area (Å²) in [6, 6.07) is 18.1. The summed E-state index contributed by atoms with van der Waals surface area (Å²) >= 11 is 0. The zero-order valence-corrected chi connectivity index (χ0v) is 17.3. The van der Waals surface area contributed by atoms with Crippen molar-refractivity contribution in [1.82, 2.24) is 0 Å². The molecule has 1 unspecified atom stereocenters. The number of rotatable bonds is 8. The number of benzene rings is 2. The van der Waals surface area contributed by atoms with Crippen molar-refractivity contribution < 1.29 is 0 Å². The monoisotopic (exact) mass is 363 g/mol. The molecule has 1 atom stereocenters. The summed E-state index contributed by atoms with van der Waals surface area (Å²) in [5.74, 6) is 2.22. The van der Waals surface area contributed by atoms with Gasteiger partial charge in [0.25, 0.3) is 0 Å². The highest BCUT2D eigenvalue weighted by atomic mass is 14.5. The Balaban J connectivity index is 1.49. The molecular formula is C26H37N. The molecule has 1 aliphatic carbocycles. The van der Waals surface area contributed by atoms with Gasteiger partial charge in [-0.3, -0.25) is 0 Å². The van der Waals surface area contributed by atoms with Crippen molar-refractivity contribution in [2.75, 3.05) is 5.73 Å². The van der Waals surface area contributed by atoms with Gasteiger partial charge in [-0.25, -0.2) is 0 Å². The molecule has 2 aromatic carbocycles. The summed E-state index contributed by atoms with van der Waals surface area (Å²) < 4.78 is 0. The number of hydrogen-bond acceptors (Lipinski definition) is 1. The van der Waals surface area contributed by atoms with Gasteiger partial charge in [-0.1, -0.05) is 69.5 Å². The Morgan fingerprint density at radius 2 is 1.52 bits per heavy atom. The van der Waals surface area contributed by atoms with Gasteiger partial charge < -0.3 is 5.73 Å². The highest BCUT2D eigenvalue weighted by molar-refractivity contribution is 5.40. The van der Waals surface area contributed by atoms with Crippen LogP contribution in [-0.2, 0) is 6.42 Å². The fourth-order valence-corrected chi connectivity index (χ4v) is 4.74. The molecular weight excluding hydrogens is 326 g/mol. The number of hydrogen-bond donors (Lipinski definition) is 1. The largest absolute Gasteiger partial charge is 0.399 e. The summed E-state index contributed by atoms with van der Waals surface area (Å²) in [6.45, 7) is 4.71. The lowest BCUT2D eigenvalue weighted by Gasteiger charge is -2.33. The van der Waals surface area contributed by atoms with Crippen molar-refractivity contribution in [2.45, 2.75) is 83.5 Å². The van der Waals surface area contributed by atoms with Crippen molar-refractivity contribution >= 4 is 5.69 Å². The minimum absolute atomic E-state index is 0.673. The average molecular weight is 364 g/mol. The zero-order valence-electron chi connectivity index (χ0n) is 17.3. The van der Waals surface area contributed by atoms with Crippen LogP contribution in [-0.4, -0.2) is 0 Å². The van der Waals surface area contributed by atoms with Crippen molar-refractivity contribution in [3.63, 3.8) is 0 Å². The molecule has 2 N–H and O–H groups in total. The zero-order chi connectivity index (χ0) is 19.1. The third kappa shape index (κ3) is 5.61. The van der Waals surface area contributed by atoms with Crippen molar-refractivity contribution in [1.29, 1.82) is 0 Å². The molecule has 0 bridgehead atoms. The highest BCUT2D eigenvalue weighted by Crippen LogP contribution is 2.41. The normalized spacial score (nSPS) is 21.1. The molecule has 146 valence electrons. The predicted molar refractivity (Wildman–Crippen MR) is 118 cm³/mol. The van der Waals surface area contributed by atoms with E-state index in [4.69, 9.17) is 5.73 Å². The fourth-order valence-electron chi connectivity index (χ4n) is 4.74. The maximum Gasteiger partial charge on any atom is 0.0314 e. The van der Waals surface area contributed by atoms with Crippen molar-refractivity contribution in [3.05, 3.63) is 65.2 Å². The molecule has 0 spiro atoms. The molecule has 0 heterocycles. The first kappa shape index (κ1) is 20.0. The van der Waals surface area contributed by atoms with Gasteiger partial charge in [0, 0.05) is 5.69 Å². The van der Waals surface area contributed by atoms with Crippen LogP contribution in [0.3, 0.4) is 0 Å². The number of anilines is 1.